The lowest BCUT2D eigenvalue weighted by molar-refractivity contribution is -0.748. The van der Waals surface area contributed by atoms with Crippen LogP contribution in [-0.2, 0) is 6.54 Å². The first-order valence-corrected chi connectivity index (χ1v) is 7.10. The van der Waals surface area contributed by atoms with Gasteiger partial charge in [0.15, 0.2) is 5.69 Å². The van der Waals surface area contributed by atoms with Gasteiger partial charge in [0.05, 0.1) is 0 Å². The second-order valence-corrected chi connectivity index (χ2v) is 5.30. The normalized spacial score (nSPS) is 12.9. The highest BCUT2D eigenvalue weighted by Crippen LogP contribution is 2.25. The zero-order valence-corrected chi connectivity index (χ0v) is 12.0. The van der Waals surface area contributed by atoms with E-state index in [1.165, 1.54) is 4.68 Å². The number of aromatic nitrogens is 3. The highest BCUT2D eigenvalue weighted by molar-refractivity contribution is 6.26. The highest BCUT2D eigenvalue weighted by Gasteiger charge is 2.39. The van der Waals surface area contributed by atoms with Crippen molar-refractivity contribution >= 4 is 11.6 Å². The molecule has 0 N–H and O–H groups in total. The van der Waals surface area contributed by atoms with Crippen LogP contribution in [0.5, 0.6) is 0 Å². The molecule has 1 heterocycles. The standard InChI is InChI=1S/C17H11N3O3/c21-16-12-8-4-5-9-13(12)17(22)15-14(16)18-20(23)19(15)10-11-6-2-1-3-7-11/h1-9H,10H2. The Labute approximate surface area is 131 Å². The molecule has 1 aliphatic rings. The first kappa shape index (κ1) is 13.4. The van der Waals surface area contributed by atoms with Gasteiger partial charge in [-0.25, -0.2) is 0 Å². The minimum atomic E-state index is -0.397. The molecule has 0 saturated heterocycles. The molecular formula is C17H11N3O3. The first-order valence-electron chi connectivity index (χ1n) is 7.10. The van der Waals surface area contributed by atoms with Crippen molar-refractivity contribution in [3.8, 4) is 0 Å². The number of rotatable bonds is 2. The van der Waals surface area contributed by atoms with Crippen molar-refractivity contribution in [2.75, 3.05) is 0 Å². The van der Waals surface area contributed by atoms with Crippen LogP contribution in [0.25, 0.3) is 0 Å². The monoisotopic (exact) mass is 305 g/mol. The van der Waals surface area contributed by atoms with Crippen molar-refractivity contribution < 1.29 is 14.5 Å². The summed E-state index contributed by atoms with van der Waals surface area (Å²) >= 11 is 0. The molecule has 1 aromatic heterocycles. The summed E-state index contributed by atoms with van der Waals surface area (Å²) in [5, 5.41) is 15.8. The SMILES string of the molecule is O=C1c2ccccc2C(=O)c2c1n[n+]([O-])n2Cc1ccccc1. The maximum atomic E-state index is 12.7. The van der Waals surface area contributed by atoms with Gasteiger partial charge in [0, 0.05) is 21.2 Å². The van der Waals surface area contributed by atoms with Crippen LogP contribution in [0.3, 0.4) is 0 Å². The molecule has 4 rings (SSSR count). The molecule has 2 aromatic carbocycles. The van der Waals surface area contributed by atoms with E-state index < -0.39 is 5.78 Å². The molecule has 0 amide bonds. The number of benzene rings is 2. The summed E-state index contributed by atoms with van der Waals surface area (Å²) in [7, 11) is 0. The summed E-state index contributed by atoms with van der Waals surface area (Å²) in [6, 6.07) is 15.8. The molecule has 0 radical (unpaired) electrons. The highest BCUT2D eigenvalue weighted by atomic mass is 16.5. The van der Waals surface area contributed by atoms with Crippen molar-refractivity contribution in [2.24, 2.45) is 0 Å². The fraction of sp³-hybridized carbons (Fsp3) is 0.0588. The fourth-order valence-corrected chi connectivity index (χ4v) is 2.80. The lowest BCUT2D eigenvalue weighted by Gasteiger charge is -2.12. The largest absolute Gasteiger partial charge is 0.571 e. The van der Waals surface area contributed by atoms with Gasteiger partial charge in [-0.05, 0) is 5.56 Å². The Kier molecular flexibility index (Phi) is 2.84. The molecule has 112 valence electrons. The van der Waals surface area contributed by atoms with Gasteiger partial charge in [-0.15, -0.1) is 4.68 Å². The molecular weight excluding hydrogens is 294 g/mol. The molecule has 0 atom stereocenters. The summed E-state index contributed by atoms with van der Waals surface area (Å²) in [6.07, 6.45) is 0. The van der Waals surface area contributed by atoms with Crippen molar-refractivity contribution in [1.29, 1.82) is 0 Å². The third kappa shape index (κ3) is 1.96. The summed E-state index contributed by atoms with van der Waals surface area (Å²) < 4.78 is 1.20. The van der Waals surface area contributed by atoms with E-state index in [2.05, 4.69) is 5.10 Å². The van der Waals surface area contributed by atoms with E-state index in [9.17, 15) is 14.8 Å². The number of hydrogen-bond donors (Lipinski definition) is 0. The molecule has 0 unspecified atom stereocenters. The molecule has 3 aromatic rings. The first-order chi connectivity index (χ1) is 11.2. The summed E-state index contributed by atoms with van der Waals surface area (Å²) in [4.78, 5) is 25.5. The van der Waals surface area contributed by atoms with Gasteiger partial charge < -0.3 is 5.21 Å². The molecule has 6 heteroatoms. The molecule has 0 saturated carbocycles. The summed E-state index contributed by atoms with van der Waals surface area (Å²) in [5.74, 6) is -0.750. The van der Waals surface area contributed by atoms with Crippen LogP contribution in [-0.4, -0.2) is 21.3 Å². The number of carbonyl (C=O) groups excluding carboxylic acids is 2. The van der Waals surface area contributed by atoms with Gasteiger partial charge >= 0.3 is 0 Å². The van der Waals surface area contributed by atoms with Crippen LogP contribution in [0, 0.1) is 5.21 Å². The van der Waals surface area contributed by atoms with E-state index in [1.54, 1.807) is 24.3 Å². The molecule has 23 heavy (non-hydrogen) atoms. The number of nitrogens with zero attached hydrogens (tertiary/aromatic N) is 3. The number of fused-ring (bicyclic) bond motifs is 2. The lowest BCUT2D eigenvalue weighted by atomic mass is 9.90. The van der Waals surface area contributed by atoms with E-state index in [0.717, 1.165) is 5.56 Å². The predicted molar refractivity (Wildman–Crippen MR) is 80.0 cm³/mol. The van der Waals surface area contributed by atoms with Crippen molar-refractivity contribution in [1.82, 2.24) is 9.78 Å². The van der Waals surface area contributed by atoms with Crippen molar-refractivity contribution in [3.05, 3.63) is 87.9 Å². The van der Waals surface area contributed by atoms with Gasteiger partial charge in [-0.3, -0.25) is 9.59 Å². The van der Waals surface area contributed by atoms with E-state index in [0.29, 0.717) is 10.5 Å². The minimum absolute atomic E-state index is 0.0487. The van der Waals surface area contributed by atoms with Crippen LogP contribution < -0.4 is 4.96 Å². The maximum absolute atomic E-state index is 12.7. The fourth-order valence-electron chi connectivity index (χ4n) is 2.80. The van der Waals surface area contributed by atoms with Gasteiger partial charge in [0.2, 0.25) is 17.3 Å². The van der Waals surface area contributed by atoms with E-state index in [1.807, 2.05) is 30.3 Å². The third-order valence-electron chi connectivity index (χ3n) is 3.90. The van der Waals surface area contributed by atoms with Crippen molar-refractivity contribution in [3.63, 3.8) is 0 Å². The van der Waals surface area contributed by atoms with Crippen LogP contribution in [0.2, 0.25) is 0 Å². The molecule has 1 aliphatic carbocycles. The Hall–Kier alpha value is -3.28. The zero-order chi connectivity index (χ0) is 16.0. The zero-order valence-electron chi connectivity index (χ0n) is 12.0. The van der Waals surface area contributed by atoms with E-state index in [-0.39, 0.29) is 29.3 Å². The Morgan fingerprint density at radius 2 is 1.52 bits per heavy atom. The Morgan fingerprint density at radius 3 is 2.22 bits per heavy atom. The second-order valence-electron chi connectivity index (χ2n) is 5.30. The van der Waals surface area contributed by atoms with Crippen LogP contribution in [0.1, 0.15) is 37.7 Å². The smallest absolute Gasteiger partial charge is 0.220 e. The van der Waals surface area contributed by atoms with Gasteiger partial charge in [0.1, 0.15) is 6.54 Å². The predicted octanol–water partition coefficient (Wildman–Crippen LogP) is 1.34. The quantitative estimate of drug-likeness (QED) is 0.413. The van der Waals surface area contributed by atoms with Crippen molar-refractivity contribution in [2.45, 2.75) is 6.54 Å². The number of carbonyl (C=O) groups is 2. The van der Waals surface area contributed by atoms with E-state index in [4.69, 9.17) is 0 Å². The Morgan fingerprint density at radius 1 is 0.913 bits per heavy atom. The second kappa shape index (κ2) is 4.88. The summed E-state index contributed by atoms with van der Waals surface area (Å²) in [6.45, 7) is 0.174. The van der Waals surface area contributed by atoms with Gasteiger partial charge in [-0.1, -0.05) is 54.6 Å². The lowest BCUT2D eigenvalue weighted by Crippen LogP contribution is -2.41. The minimum Gasteiger partial charge on any atom is -0.571 e. The Balaban J connectivity index is 1.88. The molecule has 0 fully saturated rings. The molecule has 0 spiro atoms. The molecule has 0 aliphatic heterocycles. The third-order valence-corrected chi connectivity index (χ3v) is 3.90. The average molecular weight is 305 g/mol. The number of ketones is 2. The summed E-state index contributed by atoms with van der Waals surface area (Å²) in [5.41, 5.74) is 1.40. The average Bonchev–Trinajstić information content (AvgIpc) is 2.91. The van der Waals surface area contributed by atoms with Gasteiger partial charge in [0.25, 0.3) is 0 Å². The van der Waals surface area contributed by atoms with E-state index >= 15 is 0 Å². The number of hydrogen-bond acceptors (Lipinski definition) is 4. The van der Waals surface area contributed by atoms with Crippen LogP contribution in [0.4, 0.5) is 0 Å². The van der Waals surface area contributed by atoms with Crippen LogP contribution in [0.15, 0.2) is 54.6 Å². The Bertz CT molecular complexity index is 945. The topological polar surface area (TPSA) is 78.9 Å². The molecule has 0 bridgehead atoms. The molecule has 6 nitrogen and oxygen atoms in total. The van der Waals surface area contributed by atoms with Gasteiger partial charge in [-0.2, -0.15) is 0 Å². The van der Waals surface area contributed by atoms with Crippen LogP contribution >= 0.6 is 0 Å². The maximum Gasteiger partial charge on any atom is 0.220 e.